The van der Waals surface area contributed by atoms with Crippen molar-refractivity contribution in [1.29, 1.82) is 0 Å². The highest BCUT2D eigenvalue weighted by atomic mass is 19.1. The third-order valence-corrected chi connectivity index (χ3v) is 7.49. The maximum Gasteiger partial charge on any atom is 0.511 e. The number of fused-ring (bicyclic) bond motifs is 1. The summed E-state index contributed by atoms with van der Waals surface area (Å²) in [6, 6.07) is 26.0. The van der Waals surface area contributed by atoms with Crippen molar-refractivity contribution in [2.75, 3.05) is 0 Å². The Morgan fingerprint density at radius 3 is 2.40 bits per heavy atom. The van der Waals surface area contributed by atoms with Gasteiger partial charge >= 0.3 is 6.16 Å². The molecule has 43 heavy (non-hydrogen) atoms. The van der Waals surface area contributed by atoms with E-state index >= 15 is 0 Å². The average molecular weight is 575 g/mol. The Kier molecular flexibility index (Phi) is 7.75. The SMILES string of the molecule is CCCc1nc2c(C)cc(-c3cn(Cc4ccc(F)cc4)cn3)cc2n1Cc1ccc(-c2ccccc2OC(=O)O)cc1. The van der Waals surface area contributed by atoms with E-state index in [0.717, 1.165) is 68.8 Å². The number of benzene rings is 4. The topological polar surface area (TPSA) is 82.2 Å². The van der Waals surface area contributed by atoms with E-state index in [2.05, 4.69) is 47.7 Å². The lowest BCUT2D eigenvalue weighted by Crippen LogP contribution is -2.05. The van der Waals surface area contributed by atoms with Gasteiger partial charge in [0.25, 0.3) is 0 Å². The summed E-state index contributed by atoms with van der Waals surface area (Å²) in [6.45, 7) is 5.48. The van der Waals surface area contributed by atoms with Crippen molar-refractivity contribution in [1.82, 2.24) is 19.1 Å². The minimum Gasteiger partial charge on any atom is -0.449 e. The molecule has 0 fully saturated rings. The first-order valence-corrected chi connectivity index (χ1v) is 14.2. The maximum absolute atomic E-state index is 13.3. The van der Waals surface area contributed by atoms with Gasteiger partial charge in [-0.25, -0.2) is 19.2 Å². The van der Waals surface area contributed by atoms with Crippen LogP contribution >= 0.6 is 0 Å². The summed E-state index contributed by atoms with van der Waals surface area (Å²) >= 11 is 0. The van der Waals surface area contributed by atoms with Crippen molar-refractivity contribution in [3.63, 3.8) is 0 Å². The summed E-state index contributed by atoms with van der Waals surface area (Å²) < 4.78 is 22.6. The number of rotatable bonds is 9. The number of halogens is 1. The molecule has 0 atom stereocenters. The zero-order chi connectivity index (χ0) is 29.9. The van der Waals surface area contributed by atoms with Crippen LogP contribution in [0, 0.1) is 12.7 Å². The van der Waals surface area contributed by atoms with E-state index in [4.69, 9.17) is 14.8 Å². The molecule has 2 aromatic heterocycles. The molecule has 0 bridgehead atoms. The number of imidazole rings is 2. The number of aromatic nitrogens is 4. The molecule has 0 aliphatic carbocycles. The lowest BCUT2D eigenvalue weighted by atomic mass is 10.0. The summed E-state index contributed by atoms with van der Waals surface area (Å²) in [6.07, 6.45) is 4.31. The van der Waals surface area contributed by atoms with Crippen LogP contribution in [-0.4, -0.2) is 30.4 Å². The van der Waals surface area contributed by atoms with E-state index in [1.807, 2.05) is 35.0 Å². The van der Waals surface area contributed by atoms with E-state index in [9.17, 15) is 9.18 Å². The fourth-order valence-electron chi connectivity index (χ4n) is 5.44. The molecule has 0 unspecified atom stereocenters. The highest BCUT2D eigenvalue weighted by Crippen LogP contribution is 2.32. The molecule has 0 amide bonds. The van der Waals surface area contributed by atoms with Gasteiger partial charge in [0, 0.05) is 36.8 Å². The molecule has 6 rings (SSSR count). The Hall–Kier alpha value is -5.24. The van der Waals surface area contributed by atoms with Gasteiger partial charge in [-0.1, -0.05) is 61.5 Å². The molecule has 6 aromatic rings. The minimum atomic E-state index is -1.34. The van der Waals surface area contributed by atoms with Crippen molar-refractivity contribution in [3.05, 3.63) is 126 Å². The van der Waals surface area contributed by atoms with Gasteiger partial charge in [0.2, 0.25) is 0 Å². The average Bonchev–Trinajstić information content (AvgIpc) is 3.60. The number of aryl methyl sites for hydroxylation is 2. The molecule has 2 heterocycles. The van der Waals surface area contributed by atoms with E-state index in [1.54, 1.807) is 30.6 Å². The predicted molar refractivity (Wildman–Crippen MR) is 165 cm³/mol. The third-order valence-electron chi connectivity index (χ3n) is 7.49. The number of carbonyl (C=O) groups is 1. The van der Waals surface area contributed by atoms with E-state index in [0.29, 0.717) is 18.8 Å². The number of carboxylic acid groups (broad SMARTS) is 1. The van der Waals surface area contributed by atoms with Crippen LogP contribution in [0.2, 0.25) is 0 Å². The van der Waals surface area contributed by atoms with Crippen LogP contribution in [-0.2, 0) is 19.5 Å². The Labute approximate surface area is 248 Å². The van der Waals surface area contributed by atoms with Crippen LogP contribution in [0.1, 0.15) is 35.9 Å². The Bertz CT molecular complexity index is 1910. The van der Waals surface area contributed by atoms with Crippen LogP contribution < -0.4 is 4.74 Å². The smallest absolute Gasteiger partial charge is 0.449 e. The van der Waals surface area contributed by atoms with Crippen LogP contribution in [0.25, 0.3) is 33.4 Å². The molecular formula is C35H31FN4O3. The van der Waals surface area contributed by atoms with Gasteiger partial charge in [-0.15, -0.1) is 0 Å². The van der Waals surface area contributed by atoms with Gasteiger partial charge in [0.05, 0.1) is 23.1 Å². The number of para-hydroxylation sites is 1. The van der Waals surface area contributed by atoms with Gasteiger partial charge < -0.3 is 19.0 Å². The van der Waals surface area contributed by atoms with E-state index < -0.39 is 6.16 Å². The zero-order valence-corrected chi connectivity index (χ0v) is 24.0. The van der Waals surface area contributed by atoms with Crippen LogP contribution in [0.3, 0.4) is 0 Å². The number of nitrogens with zero attached hydrogens (tertiary/aromatic N) is 4. The van der Waals surface area contributed by atoms with Crippen molar-refractivity contribution < 1.29 is 19.0 Å². The second-order valence-corrected chi connectivity index (χ2v) is 10.6. The molecule has 0 aliphatic rings. The third kappa shape index (κ3) is 6.04. The van der Waals surface area contributed by atoms with Crippen molar-refractivity contribution in [3.8, 4) is 28.1 Å². The van der Waals surface area contributed by atoms with Gasteiger partial charge in [-0.05, 0) is 65.9 Å². The number of hydrogen-bond acceptors (Lipinski definition) is 4. The van der Waals surface area contributed by atoms with Crippen LogP contribution in [0.4, 0.5) is 9.18 Å². The van der Waals surface area contributed by atoms with Gasteiger partial charge in [-0.2, -0.15) is 0 Å². The van der Waals surface area contributed by atoms with Gasteiger partial charge in [-0.3, -0.25) is 0 Å². The summed E-state index contributed by atoms with van der Waals surface area (Å²) in [5.74, 6) is 1.09. The summed E-state index contributed by atoms with van der Waals surface area (Å²) in [7, 11) is 0. The van der Waals surface area contributed by atoms with Crippen molar-refractivity contribution >= 4 is 17.2 Å². The van der Waals surface area contributed by atoms with E-state index in [1.165, 1.54) is 12.1 Å². The summed E-state index contributed by atoms with van der Waals surface area (Å²) in [5, 5.41) is 9.12. The molecule has 0 saturated heterocycles. The highest BCUT2D eigenvalue weighted by molar-refractivity contribution is 5.85. The first-order valence-electron chi connectivity index (χ1n) is 14.2. The Morgan fingerprint density at radius 2 is 1.65 bits per heavy atom. The molecular weight excluding hydrogens is 543 g/mol. The van der Waals surface area contributed by atoms with E-state index in [-0.39, 0.29) is 5.82 Å². The second kappa shape index (κ2) is 11.9. The molecule has 8 heteroatoms. The lowest BCUT2D eigenvalue weighted by Gasteiger charge is -2.12. The normalized spacial score (nSPS) is 11.2. The first kappa shape index (κ1) is 27.9. The predicted octanol–water partition coefficient (Wildman–Crippen LogP) is 8.12. The number of hydrogen-bond donors (Lipinski definition) is 1. The van der Waals surface area contributed by atoms with Crippen LogP contribution in [0.5, 0.6) is 5.75 Å². The molecule has 4 aromatic carbocycles. The van der Waals surface area contributed by atoms with Crippen molar-refractivity contribution in [2.45, 2.75) is 39.8 Å². The Balaban J connectivity index is 1.31. The molecule has 216 valence electrons. The molecule has 0 radical (unpaired) electrons. The molecule has 0 saturated carbocycles. The lowest BCUT2D eigenvalue weighted by molar-refractivity contribution is 0.144. The second-order valence-electron chi connectivity index (χ2n) is 10.6. The maximum atomic E-state index is 13.3. The fraction of sp³-hybridized carbons (Fsp3) is 0.171. The fourth-order valence-corrected chi connectivity index (χ4v) is 5.44. The first-order chi connectivity index (χ1) is 20.9. The van der Waals surface area contributed by atoms with Gasteiger partial charge in [0.1, 0.15) is 17.4 Å². The zero-order valence-electron chi connectivity index (χ0n) is 24.0. The minimum absolute atomic E-state index is 0.246. The van der Waals surface area contributed by atoms with Gasteiger partial charge in [0.15, 0.2) is 0 Å². The monoisotopic (exact) mass is 574 g/mol. The quantitative estimate of drug-likeness (QED) is 0.139. The molecule has 0 aliphatic heterocycles. The standard InChI is InChI=1S/C35H31FN4O3/c1-3-6-33-38-34-23(2)17-27(30-21-39(22-37-30)19-24-11-15-28(36)16-12-24)18-31(34)40(33)20-25-9-13-26(14-10-25)29-7-4-5-8-32(29)43-35(41)42/h4-5,7-18,21-22H,3,6,19-20H2,1-2H3,(H,41,42). The highest BCUT2D eigenvalue weighted by Gasteiger charge is 2.16. The number of ether oxygens (including phenoxy) is 1. The molecule has 7 nitrogen and oxygen atoms in total. The van der Waals surface area contributed by atoms with Crippen molar-refractivity contribution in [2.24, 2.45) is 0 Å². The molecule has 0 spiro atoms. The summed E-state index contributed by atoms with van der Waals surface area (Å²) in [5.41, 5.74) is 8.69. The Morgan fingerprint density at radius 1 is 0.930 bits per heavy atom. The van der Waals surface area contributed by atoms with Crippen LogP contribution in [0.15, 0.2) is 97.5 Å². The summed E-state index contributed by atoms with van der Waals surface area (Å²) in [4.78, 5) is 20.9. The largest absolute Gasteiger partial charge is 0.511 e. The molecule has 1 N–H and O–H groups in total.